The number of carbonyl (C=O) groups is 1. The Balaban J connectivity index is 3.07. The number of hydrogen-bond donors (Lipinski definition) is 1. The number of amidine groups is 1. The van der Waals surface area contributed by atoms with Crippen molar-refractivity contribution in [1.82, 2.24) is 4.90 Å². The molecule has 0 fully saturated rings. The van der Waals surface area contributed by atoms with Gasteiger partial charge in [0.1, 0.15) is 11.5 Å². The number of hydrogen-bond acceptors (Lipinski definition) is 6. The smallest absolute Gasteiger partial charge is 0.154 e. The lowest BCUT2D eigenvalue weighted by Gasteiger charge is -2.27. The summed E-state index contributed by atoms with van der Waals surface area (Å²) in [6.45, 7) is 6.89. The summed E-state index contributed by atoms with van der Waals surface area (Å²) in [5.41, 5.74) is 6.90. The van der Waals surface area contributed by atoms with Gasteiger partial charge in [0.15, 0.2) is 5.78 Å². The second-order valence-electron chi connectivity index (χ2n) is 6.01. The van der Waals surface area contributed by atoms with Crippen LogP contribution in [0.1, 0.15) is 26.3 Å². The molecule has 1 aromatic rings. The molecular formula is C20H29N3O4S. The number of benzene rings is 1. The maximum absolute atomic E-state index is 11.9. The summed E-state index contributed by atoms with van der Waals surface area (Å²) in [6, 6.07) is 5.42. The molecule has 1 rings (SSSR count). The predicted octanol–water partition coefficient (Wildman–Crippen LogP) is 2.68. The third kappa shape index (κ3) is 7.66. The van der Waals surface area contributed by atoms with Crippen molar-refractivity contribution in [1.29, 1.82) is 0 Å². The van der Waals surface area contributed by atoms with Gasteiger partial charge in [0, 0.05) is 24.3 Å². The molecule has 0 atom stereocenters. The Morgan fingerprint density at radius 2 is 1.93 bits per heavy atom. The molecule has 0 aromatic heterocycles. The molecule has 0 unspecified atom stereocenters. The van der Waals surface area contributed by atoms with Crippen LogP contribution < -0.4 is 15.2 Å². The van der Waals surface area contributed by atoms with Gasteiger partial charge in [-0.15, -0.1) is 0 Å². The summed E-state index contributed by atoms with van der Waals surface area (Å²) < 4.78 is 16.4. The molecule has 0 aliphatic rings. The molecule has 0 aliphatic heterocycles. The summed E-state index contributed by atoms with van der Waals surface area (Å²) in [5, 5.41) is 0. The Morgan fingerprint density at radius 3 is 2.46 bits per heavy atom. The number of ketones is 1. The number of nitrogens with two attached hydrogens (primary N) is 1. The highest BCUT2D eigenvalue weighted by molar-refractivity contribution is 7.80. The second kappa shape index (κ2) is 12.1. The van der Waals surface area contributed by atoms with E-state index < -0.39 is 0 Å². The topological polar surface area (TPSA) is 86.4 Å². The van der Waals surface area contributed by atoms with Gasteiger partial charge in [-0.1, -0.05) is 12.2 Å². The van der Waals surface area contributed by atoms with E-state index in [0.717, 1.165) is 5.56 Å². The Bertz CT molecular complexity index is 743. The summed E-state index contributed by atoms with van der Waals surface area (Å²) >= 11 is 5.42. The number of thiocarbonyl (C=S) groups is 1. The zero-order valence-electron chi connectivity index (χ0n) is 17.2. The molecule has 0 amide bonds. The van der Waals surface area contributed by atoms with Crippen LogP contribution in [0.4, 0.5) is 0 Å². The molecule has 154 valence electrons. The van der Waals surface area contributed by atoms with Crippen LogP contribution in [0.5, 0.6) is 11.5 Å². The zero-order chi connectivity index (χ0) is 21.1. The van der Waals surface area contributed by atoms with Crippen molar-refractivity contribution in [2.45, 2.75) is 20.8 Å². The number of carbonyl (C=O) groups excluding carboxylic acids is 1. The van der Waals surface area contributed by atoms with E-state index in [2.05, 4.69) is 4.99 Å². The maximum atomic E-state index is 11.9. The molecule has 0 saturated carbocycles. The molecule has 0 radical (unpaired) electrons. The molecular weight excluding hydrogens is 378 g/mol. The van der Waals surface area contributed by atoms with Crippen LogP contribution >= 0.6 is 12.2 Å². The van der Waals surface area contributed by atoms with Crippen molar-refractivity contribution < 1.29 is 19.0 Å². The van der Waals surface area contributed by atoms with Crippen molar-refractivity contribution in [3.05, 3.63) is 29.8 Å². The number of nitrogens with zero attached hydrogens (tertiary/aromatic N) is 2. The SMILES string of the molecule is COc1ccc(/C(=C/C(C)=O)N(CCOCCN=C(C)N)C(C)=S)c(OC)c1. The van der Waals surface area contributed by atoms with Crippen LogP contribution in [0.15, 0.2) is 29.3 Å². The highest BCUT2D eigenvalue weighted by Gasteiger charge is 2.19. The predicted molar refractivity (Wildman–Crippen MR) is 116 cm³/mol. The van der Waals surface area contributed by atoms with Gasteiger partial charge in [0.05, 0.1) is 50.5 Å². The van der Waals surface area contributed by atoms with Crippen LogP contribution in [0.2, 0.25) is 0 Å². The quantitative estimate of drug-likeness (QED) is 0.198. The van der Waals surface area contributed by atoms with E-state index in [9.17, 15) is 4.79 Å². The van der Waals surface area contributed by atoms with Gasteiger partial charge in [-0.2, -0.15) is 0 Å². The van der Waals surface area contributed by atoms with E-state index >= 15 is 0 Å². The molecule has 2 N–H and O–H groups in total. The standard InChI is InChI=1S/C20H29N3O4S/c1-14(24)12-19(18-7-6-17(25-4)13-20(18)26-5)23(16(3)28)9-11-27-10-8-22-15(2)21/h6-7,12-13H,8-11H2,1-5H3,(H2,21,22)/b19-12-. The summed E-state index contributed by atoms with van der Waals surface area (Å²) in [7, 11) is 3.16. The van der Waals surface area contributed by atoms with E-state index in [4.69, 9.17) is 32.2 Å². The Labute approximate surface area is 172 Å². The fourth-order valence-electron chi connectivity index (χ4n) is 2.50. The van der Waals surface area contributed by atoms with Crippen molar-refractivity contribution in [3.63, 3.8) is 0 Å². The highest BCUT2D eigenvalue weighted by atomic mass is 32.1. The summed E-state index contributed by atoms with van der Waals surface area (Å²) in [5.74, 6) is 1.68. The van der Waals surface area contributed by atoms with Crippen LogP contribution in [0.25, 0.3) is 5.70 Å². The monoisotopic (exact) mass is 407 g/mol. The molecule has 7 nitrogen and oxygen atoms in total. The van der Waals surface area contributed by atoms with Crippen molar-refractivity contribution in [2.24, 2.45) is 10.7 Å². The second-order valence-corrected chi connectivity index (χ2v) is 6.60. The number of rotatable bonds is 11. The lowest BCUT2D eigenvalue weighted by molar-refractivity contribution is -0.112. The van der Waals surface area contributed by atoms with E-state index in [-0.39, 0.29) is 5.78 Å². The number of methoxy groups -OCH3 is 2. The Morgan fingerprint density at radius 1 is 1.21 bits per heavy atom. The minimum atomic E-state index is -0.0946. The number of aliphatic imine (C=N–C) groups is 1. The van der Waals surface area contributed by atoms with Crippen LogP contribution in [-0.4, -0.2) is 62.0 Å². The summed E-state index contributed by atoms with van der Waals surface area (Å²) in [6.07, 6.45) is 1.54. The van der Waals surface area contributed by atoms with E-state index in [0.29, 0.717) is 54.3 Å². The van der Waals surface area contributed by atoms with E-state index in [1.807, 2.05) is 17.0 Å². The molecule has 1 aromatic carbocycles. The van der Waals surface area contributed by atoms with Crippen LogP contribution in [0, 0.1) is 0 Å². The molecule has 0 spiro atoms. The minimum absolute atomic E-state index is 0.0946. The lowest BCUT2D eigenvalue weighted by Crippen LogP contribution is -2.30. The van der Waals surface area contributed by atoms with Crippen molar-refractivity contribution >= 4 is 34.5 Å². The van der Waals surface area contributed by atoms with Crippen molar-refractivity contribution in [2.75, 3.05) is 40.5 Å². The first-order valence-corrected chi connectivity index (χ1v) is 9.28. The van der Waals surface area contributed by atoms with E-state index in [1.54, 1.807) is 40.2 Å². The number of ether oxygens (including phenoxy) is 3. The maximum Gasteiger partial charge on any atom is 0.154 e. The third-order valence-electron chi connectivity index (χ3n) is 3.75. The molecule has 0 heterocycles. The fraction of sp³-hybridized carbons (Fsp3) is 0.450. The van der Waals surface area contributed by atoms with Gasteiger partial charge in [0.2, 0.25) is 0 Å². The fourth-order valence-corrected chi connectivity index (χ4v) is 2.69. The normalized spacial score (nSPS) is 11.9. The van der Waals surface area contributed by atoms with Crippen LogP contribution in [0.3, 0.4) is 0 Å². The zero-order valence-corrected chi connectivity index (χ0v) is 18.0. The van der Waals surface area contributed by atoms with Gasteiger partial charge in [-0.05, 0) is 32.9 Å². The minimum Gasteiger partial charge on any atom is -0.497 e. The summed E-state index contributed by atoms with van der Waals surface area (Å²) in [4.78, 5) is 18.4. The number of allylic oxidation sites excluding steroid dienone is 1. The molecule has 0 aliphatic carbocycles. The van der Waals surface area contributed by atoms with Gasteiger partial charge in [0.25, 0.3) is 0 Å². The van der Waals surface area contributed by atoms with Gasteiger partial charge in [-0.3, -0.25) is 9.79 Å². The molecule has 8 heteroatoms. The first kappa shape index (κ1) is 23.6. The largest absolute Gasteiger partial charge is 0.497 e. The molecule has 28 heavy (non-hydrogen) atoms. The Hall–Kier alpha value is -2.45. The van der Waals surface area contributed by atoms with Gasteiger partial charge < -0.3 is 24.8 Å². The van der Waals surface area contributed by atoms with Crippen molar-refractivity contribution in [3.8, 4) is 11.5 Å². The highest BCUT2D eigenvalue weighted by Crippen LogP contribution is 2.32. The first-order chi connectivity index (χ1) is 13.3. The molecule has 0 bridgehead atoms. The van der Waals surface area contributed by atoms with Gasteiger partial charge in [-0.25, -0.2) is 0 Å². The average molecular weight is 408 g/mol. The van der Waals surface area contributed by atoms with E-state index in [1.165, 1.54) is 6.92 Å². The average Bonchev–Trinajstić information content (AvgIpc) is 2.64. The molecule has 0 saturated heterocycles. The van der Waals surface area contributed by atoms with Crippen LogP contribution in [-0.2, 0) is 9.53 Å². The third-order valence-corrected chi connectivity index (χ3v) is 3.97. The first-order valence-electron chi connectivity index (χ1n) is 8.87. The lowest BCUT2D eigenvalue weighted by atomic mass is 10.1. The van der Waals surface area contributed by atoms with Gasteiger partial charge >= 0.3 is 0 Å². The Kier molecular flexibility index (Phi) is 10.2.